The van der Waals surface area contributed by atoms with Crippen molar-refractivity contribution in [1.82, 2.24) is 9.38 Å². The summed E-state index contributed by atoms with van der Waals surface area (Å²) in [6.45, 7) is 2.04. The summed E-state index contributed by atoms with van der Waals surface area (Å²) in [5, 5.41) is 3.09. The van der Waals surface area contributed by atoms with Crippen LogP contribution in [0.15, 0.2) is 24.5 Å². The van der Waals surface area contributed by atoms with Gasteiger partial charge >= 0.3 is 0 Å². The third-order valence-corrected chi connectivity index (χ3v) is 1.98. The average Bonchev–Trinajstić information content (AvgIpc) is 2.47. The highest BCUT2D eigenvalue weighted by atomic mass is 15.0. The first-order chi connectivity index (χ1) is 5.81. The van der Waals surface area contributed by atoms with Gasteiger partial charge in [-0.1, -0.05) is 0 Å². The number of nitrogens with one attached hydrogen (secondary N) is 1. The monoisotopic (exact) mass is 161 g/mol. The normalized spacial score (nSPS) is 10.5. The highest BCUT2D eigenvalue weighted by Gasteiger charge is 1.97. The van der Waals surface area contributed by atoms with Crippen LogP contribution in [0.25, 0.3) is 5.65 Å². The molecular weight excluding hydrogens is 150 g/mol. The van der Waals surface area contributed by atoms with Crippen LogP contribution in [0.4, 0.5) is 5.69 Å². The Kier molecular flexibility index (Phi) is 1.50. The second kappa shape index (κ2) is 2.52. The lowest BCUT2D eigenvalue weighted by Crippen LogP contribution is -1.92. The molecule has 0 atom stereocenters. The van der Waals surface area contributed by atoms with Gasteiger partial charge in [0.2, 0.25) is 0 Å². The van der Waals surface area contributed by atoms with Gasteiger partial charge in [0.1, 0.15) is 5.65 Å². The van der Waals surface area contributed by atoms with Crippen LogP contribution < -0.4 is 5.32 Å². The zero-order chi connectivity index (χ0) is 8.55. The molecule has 0 amide bonds. The van der Waals surface area contributed by atoms with Gasteiger partial charge in [-0.2, -0.15) is 0 Å². The van der Waals surface area contributed by atoms with Crippen LogP contribution in [0.5, 0.6) is 0 Å². The fraction of sp³-hybridized carbons (Fsp3) is 0.222. The minimum atomic E-state index is 0.992. The van der Waals surface area contributed by atoms with E-state index in [0.29, 0.717) is 0 Å². The Morgan fingerprint density at radius 1 is 1.42 bits per heavy atom. The van der Waals surface area contributed by atoms with Crippen molar-refractivity contribution in [3.63, 3.8) is 0 Å². The summed E-state index contributed by atoms with van der Waals surface area (Å²) < 4.78 is 2.06. The van der Waals surface area contributed by atoms with Gasteiger partial charge in [0, 0.05) is 25.1 Å². The van der Waals surface area contributed by atoms with E-state index in [1.54, 1.807) is 0 Å². The average molecular weight is 161 g/mol. The Morgan fingerprint density at radius 3 is 3.00 bits per heavy atom. The minimum Gasteiger partial charge on any atom is -0.387 e. The van der Waals surface area contributed by atoms with Crippen molar-refractivity contribution in [3.8, 4) is 0 Å². The van der Waals surface area contributed by atoms with Gasteiger partial charge in [-0.05, 0) is 19.1 Å². The van der Waals surface area contributed by atoms with Crippen LogP contribution in [0.3, 0.4) is 0 Å². The van der Waals surface area contributed by atoms with Gasteiger partial charge in [0.15, 0.2) is 0 Å². The first-order valence-electron chi connectivity index (χ1n) is 3.93. The molecule has 2 aromatic heterocycles. The van der Waals surface area contributed by atoms with Crippen LogP contribution in [0.1, 0.15) is 5.69 Å². The summed E-state index contributed by atoms with van der Waals surface area (Å²) in [5.74, 6) is 0. The van der Waals surface area contributed by atoms with E-state index in [9.17, 15) is 0 Å². The van der Waals surface area contributed by atoms with Crippen molar-refractivity contribution >= 4 is 11.3 Å². The number of rotatable bonds is 1. The second-order valence-corrected chi connectivity index (χ2v) is 2.80. The van der Waals surface area contributed by atoms with Crippen LogP contribution in [-0.2, 0) is 0 Å². The molecule has 0 spiro atoms. The van der Waals surface area contributed by atoms with E-state index in [1.165, 1.54) is 0 Å². The lowest BCUT2D eigenvalue weighted by molar-refractivity contribution is 1.11. The SMILES string of the molecule is CNc1ccc2ncc(C)n2c1. The maximum absolute atomic E-state index is 4.23. The molecule has 1 N–H and O–H groups in total. The maximum Gasteiger partial charge on any atom is 0.137 e. The Morgan fingerprint density at radius 2 is 2.25 bits per heavy atom. The number of pyridine rings is 1. The molecule has 0 unspecified atom stereocenters. The summed E-state index contributed by atoms with van der Waals surface area (Å²) in [7, 11) is 1.91. The molecule has 0 aliphatic carbocycles. The van der Waals surface area contributed by atoms with Crippen molar-refractivity contribution < 1.29 is 0 Å². The fourth-order valence-electron chi connectivity index (χ4n) is 1.25. The first-order valence-corrected chi connectivity index (χ1v) is 3.93. The van der Waals surface area contributed by atoms with Crippen LogP contribution in [-0.4, -0.2) is 16.4 Å². The van der Waals surface area contributed by atoms with E-state index in [1.807, 2.05) is 38.5 Å². The first kappa shape index (κ1) is 7.16. The third kappa shape index (κ3) is 0.942. The van der Waals surface area contributed by atoms with Gasteiger partial charge < -0.3 is 9.72 Å². The van der Waals surface area contributed by atoms with E-state index >= 15 is 0 Å². The number of anilines is 1. The molecule has 2 rings (SSSR count). The number of aryl methyl sites for hydroxylation is 1. The summed E-state index contributed by atoms with van der Waals surface area (Å²) in [4.78, 5) is 4.23. The maximum atomic E-state index is 4.23. The molecule has 0 aromatic carbocycles. The largest absolute Gasteiger partial charge is 0.387 e. The van der Waals surface area contributed by atoms with E-state index in [-0.39, 0.29) is 0 Å². The lowest BCUT2D eigenvalue weighted by Gasteiger charge is -2.01. The summed E-state index contributed by atoms with van der Waals surface area (Å²) >= 11 is 0. The van der Waals surface area contributed by atoms with Crippen molar-refractivity contribution in [2.45, 2.75) is 6.92 Å². The predicted octanol–water partition coefficient (Wildman–Crippen LogP) is 1.68. The zero-order valence-electron chi connectivity index (χ0n) is 7.20. The predicted molar refractivity (Wildman–Crippen MR) is 49.5 cm³/mol. The molecule has 2 aromatic rings. The molecule has 0 aliphatic heterocycles. The van der Waals surface area contributed by atoms with Gasteiger partial charge in [0.25, 0.3) is 0 Å². The Hall–Kier alpha value is -1.51. The molecule has 0 aliphatic rings. The highest BCUT2D eigenvalue weighted by molar-refractivity contribution is 5.50. The highest BCUT2D eigenvalue weighted by Crippen LogP contribution is 2.11. The Balaban J connectivity index is 2.71. The minimum absolute atomic E-state index is 0.992. The van der Waals surface area contributed by atoms with Crippen molar-refractivity contribution in [2.24, 2.45) is 0 Å². The standard InChI is InChI=1S/C9H11N3/c1-7-5-11-9-4-3-8(10-2)6-12(7)9/h3-6,10H,1-2H3. The van der Waals surface area contributed by atoms with Crippen LogP contribution in [0.2, 0.25) is 0 Å². The third-order valence-electron chi connectivity index (χ3n) is 1.98. The molecular formula is C9H11N3. The molecule has 3 heteroatoms. The quantitative estimate of drug-likeness (QED) is 0.689. The summed E-state index contributed by atoms with van der Waals surface area (Å²) in [6.07, 6.45) is 3.91. The van der Waals surface area contributed by atoms with Gasteiger partial charge in [0.05, 0.1) is 5.69 Å². The van der Waals surface area contributed by atoms with E-state index in [4.69, 9.17) is 0 Å². The summed E-state index contributed by atoms with van der Waals surface area (Å²) in [5.41, 5.74) is 3.25. The van der Waals surface area contributed by atoms with Crippen molar-refractivity contribution in [1.29, 1.82) is 0 Å². The summed E-state index contributed by atoms with van der Waals surface area (Å²) in [6, 6.07) is 4.01. The fourth-order valence-corrected chi connectivity index (χ4v) is 1.25. The van der Waals surface area contributed by atoms with Crippen LogP contribution in [0, 0.1) is 6.92 Å². The number of imidazole rings is 1. The number of fused-ring (bicyclic) bond motifs is 1. The molecule has 0 fully saturated rings. The van der Waals surface area contributed by atoms with Gasteiger partial charge in [-0.3, -0.25) is 0 Å². The van der Waals surface area contributed by atoms with Crippen molar-refractivity contribution in [3.05, 3.63) is 30.2 Å². The smallest absolute Gasteiger partial charge is 0.137 e. The lowest BCUT2D eigenvalue weighted by atomic mass is 10.4. The topological polar surface area (TPSA) is 29.3 Å². The van der Waals surface area contributed by atoms with Crippen LogP contribution >= 0.6 is 0 Å². The molecule has 3 nitrogen and oxygen atoms in total. The Bertz CT molecular complexity index is 403. The zero-order valence-corrected chi connectivity index (χ0v) is 7.20. The molecule has 62 valence electrons. The number of hydrogen-bond donors (Lipinski definition) is 1. The van der Waals surface area contributed by atoms with E-state index in [0.717, 1.165) is 17.0 Å². The number of hydrogen-bond acceptors (Lipinski definition) is 2. The van der Waals surface area contributed by atoms with Gasteiger partial charge in [-0.15, -0.1) is 0 Å². The molecule has 0 saturated carbocycles. The Labute approximate surface area is 71.0 Å². The second-order valence-electron chi connectivity index (χ2n) is 2.80. The molecule has 0 bridgehead atoms. The van der Waals surface area contributed by atoms with E-state index in [2.05, 4.69) is 14.7 Å². The molecule has 0 saturated heterocycles. The molecule has 0 radical (unpaired) electrons. The number of aromatic nitrogens is 2. The van der Waals surface area contributed by atoms with Gasteiger partial charge in [-0.25, -0.2) is 4.98 Å². The number of nitrogens with zero attached hydrogens (tertiary/aromatic N) is 2. The van der Waals surface area contributed by atoms with E-state index < -0.39 is 0 Å². The molecule has 12 heavy (non-hydrogen) atoms. The van der Waals surface area contributed by atoms with Crippen molar-refractivity contribution in [2.75, 3.05) is 12.4 Å². The molecule has 2 heterocycles.